The van der Waals surface area contributed by atoms with E-state index in [0.717, 1.165) is 56.9 Å². The molecule has 0 aliphatic heterocycles. The summed E-state index contributed by atoms with van der Waals surface area (Å²) in [7, 11) is 1.54. The number of hydrogen-bond acceptors (Lipinski definition) is 4. The standard InChI is InChI=1S/C28H36ClN3O3/c1-35-26-14-8-5-11-22(26)27(33)31-21-15-16-23(29)20(17-21)18-32(25-13-7-6-12-24(25)30)28(34)19-9-3-2-4-10-19/h5,8,11,14-17,19,24-25H,2-4,6-7,9-10,12-13,18,30H2,1H3,(H,31,33). The Balaban J connectivity index is 1.57. The highest BCUT2D eigenvalue weighted by Crippen LogP contribution is 2.32. The number of ether oxygens (including phenoxy) is 1. The maximum absolute atomic E-state index is 13.7. The number of carbonyl (C=O) groups is 2. The van der Waals surface area contributed by atoms with Gasteiger partial charge in [0.1, 0.15) is 5.75 Å². The van der Waals surface area contributed by atoms with Crippen LogP contribution in [0.25, 0.3) is 0 Å². The lowest BCUT2D eigenvalue weighted by atomic mass is 9.85. The summed E-state index contributed by atoms with van der Waals surface area (Å²) < 4.78 is 5.32. The fraction of sp³-hybridized carbons (Fsp3) is 0.500. The highest BCUT2D eigenvalue weighted by molar-refractivity contribution is 6.31. The normalized spacial score (nSPS) is 20.8. The molecule has 2 aliphatic carbocycles. The Bertz CT molecular complexity index is 1040. The van der Waals surface area contributed by atoms with Crippen LogP contribution in [-0.2, 0) is 11.3 Å². The fourth-order valence-electron chi connectivity index (χ4n) is 5.46. The first-order valence-corrected chi connectivity index (χ1v) is 13.1. The first-order chi connectivity index (χ1) is 17.0. The third-order valence-electron chi connectivity index (χ3n) is 7.42. The summed E-state index contributed by atoms with van der Waals surface area (Å²) in [5, 5.41) is 3.52. The van der Waals surface area contributed by atoms with Crippen molar-refractivity contribution >= 4 is 29.1 Å². The second-order valence-corrected chi connectivity index (χ2v) is 10.2. The Morgan fingerprint density at radius 2 is 1.74 bits per heavy atom. The Hall–Kier alpha value is -2.57. The van der Waals surface area contributed by atoms with Gasteiger partial charge in [0.15, 0.2) is 0 Å². The van der Waals surface area contributed by atoms with Crippen molar-refractivity contribution in [1.82, 2.24) is 4.90 Å². The Morgan fingerprint density at radius 3 is 2.49 bits per heavy atom. The number of halogens is 1. The molecule has 0 radical (unpaired) electrons. The zero-order chi connectivity index (χ0) is 24.8. The molecule has 2 fully saturated rings. The van der Waals surface area contributed by atoms with Gasteiger partial charge in [0.05, 0.1) is 12.7 Å². The van der Waals surface area contributed by atoms with Gasteiger partial charge in [-0.25, -0.2) is 0 Å². The van der Waals surface area contributed by atoms with Crippen LogP contribution in [0.1, 0.15) is 73.7 Å². The number of anilines is 1. The molecule has 3 N–H and O–H groups in total. The summed E-state index contributed by atoms with van der Waals surface area (Å²) >= 11 is 6.61. The van der Waals surface area contributed by atoms with E-state index in [1.165, 1.54) is 6.42 Å². The molecule has 188 valence electrons. The van der Waals surface area contributed by atoms with E-state index in [2.05, 4.69) is 5.32 Å². The third kappa shape index (κ3) is 6.17. The first-order valence-electron chi connectivity index (χ1n) is 12.8. The molecule has 2 atom stereocenters. The number of methoxy groups -OCH3 is 1. The summed E-state index contributed by atoms with van der Waals surface area (Å²) in [6, 6.07) is 12.5. The molecular formula is C28H36ClN3O3. The van der Waals surface area contributed by atoms with Crippen molar-refractivity contribution in [3.8, 4) is 5.75 Å². The van der Waals surface area contributed by atoms with Crippen LogP contribution in [0, 0.1) is 5.92 Å². The van der Waals surface area contributed by atoms with E-state index < -0.39 is 0 Å². The van der Waals surface area contributed by atoms with E-state index in [9.17, 15) is 9.59 Å². The van der Waals surface area contributed by atoms with Crippen LogP contribution in [0.15, 0.2) is 42.5 Å². The van der Waals surface area contributed by atoms with Gasteiger partial charge >= 0.3 is 0 Å². The van der Waals surface area contributed by atoms with Crippen LogP contribution in [0.2, 0.25) is 5.02 Å². The highest BCUT2D eigenvalue weighted by Gasteiger charge is 2.35. The van der Waals surface area contributed by atoms with Gasteiger partial charge < -0.3 is 20.7 Å². The van der Waals surface area contributed by atoms with Gasteiger partial charge in [-0.3, -0.25) is 9.59 Å². The van der Waals surface area contributed by atoms with Gasteiger partial charge in [-0.05, 0) is 61.6 Å². The maximum Gasteiger partial charge on any atom is 0.259 e. The molecule has 4 rings (SSSR count). The second-order valence-electron chi connectivity index (χ2n) is 9.78. The zero-order valence-corrected chi connectivity index (χ0v) is 21.2. The predicted molar refractivity (Wildman–Crippen MR) is 140 cm³/mol. The third-order valence-corrected chi connectivity index (χ3v) is 7.78. The summed E-state index contributed by atoms with van der Waals surface area (Å²) in [6.45, 7) is 0.394. The average molecular weight is 498 g/mol. The van der Waals surface area contributed by atoms with Crippen molar-refractivity contribution in [3.63, 3.8) is 0 Å². The van der Waals surface area contributed by atoms with E-state index in [-0.39, 0.29) is 29.8 Å². The second kappa shape index (κ2) is 11.9. The Kier molecular flexibility index (Phi) is 8.69. The molecule has 0 saturated heterocycles. The van der Waals surface area contributed by atoms with Crippen LogP contribution in [0.5, 0.6) is 5.75 Å². The van der Waals surface area contributed by atoms with Gasteiger partial charge in [0.2, 0.25) is 5.91 Å². The lowest BCUT2D eigenvalue weighted by Gasteiger charge is -2.41. The largest absolute Gasteiger partial charge is 0.496 e. The zero-order valence-electron chi connectivity index (χ0n) is 20.5. The van der Waals surface area contributed by atoms with Gasteiger partial charge in [-0.2, -0.15) is 0 Å². The van der Waals surface area contributed by atoms with Crippen LogP contribution >= 0.6 is 11.6 Å². The van der Waals surface area contributed by atoms with Crippen molar-refractivity contribution in [2.75, 3.05) is 12.4 Å². The predicted octanol–water partition coefficient (Wildman–Crippen LogP) is 5.78. The smallest absolute Gasteiger partial charge is 0.259 e. The molecular weight excluding hydrogens is 462 g/mol. The molecule has 2 unspecified atom stereocenters. The van der Waals surface area contributed by atoms with Crippen molar-refractivity contribution in [2.45, 2.75) is 76.4 Å². The summed E-state index contributed by atoms with van der Waals surface area (Å²) in [4.78, 5) is 28.6. The highest BCUT2D eigenvalue weighted by atomic mass is 35.5. The summed E-state index contributed by atoms with van der Waals surface area (Å²) in [5.74, 6) is 0.506. The average Bonchev–Trinajstić information content (AvgIpc) is 2.89. The molecule has 2 aromatic carbocycles. The number of rotatable bonds is 7. The summed E-state index contributed by atoms with van der Waals surface area (Å²) in [6.07, 6.45) is 9.33. The topological polar surface area (TPSA) is 84.7 Å². The van der Waals surface area contributed by atoms with E-state index in [0.29, 0.717) is 28.6 Å². The number of benzene rings is 2. The van der Waals surface area contributed by atoms with E-state index >= 15 is 0 Å². The lowest BCUT2D eigenvalue weighted by molar-refractivity contribution is -0.141. The Labute approximate surface area is 213 Å². The number of carbonyl (C=O) groups excluding carboxylic acids is 2. The molecule has 6 nitrogen and oxygen atoms in total. The molecule has 0 spiro atoms. The molecule has 0 bridgehead atoms. The minimum absolute atomic E-state index is 0.0149. The van der Waals surface area contributed by atoms with Crippen molar-refractivity contribution in [3.05, 3.63) is 58.6 Å². The summed E-state index contributed by atoms with van der Waals surface area (Å²) in [5.41, 5.74) is 8.42. The van der Waals surface area contributed by atoms with E-state index in [1.54, 1.807) is 37.4 Å². The van der Waals surface area contributed by atoms with Crippen LogP contribution in [0.3, 0.4) is 0 Å². The fourth-order valence-corrected chi connectivity index (χ4v) is 5.63. The van der Waals surface area contributed by atoms with Gasteiger partial charge in [0, 0.05) is 35.3 Å². The molecule has 2 amide bonds. The van der Waals surface area contributed by atoms with Gasteiger partial charge in [-0.1, -0.05) is 55.8 Å². The molecule has 0 aromatic heterocycles. The number of nitrogens with zero attached hydrogens (tertiary/aromatic N) is 1. The molecule has 2 saturated carbocycles. The Morgan fingerprint density at radius 1 is 1.03 bits per heavy atom. The van der Waals surface area contributed by atoms with Crippen molar-refractivity contribution in [2.24, 2.45) is 11.7 Å². The molecule has 7 heteroatoms. The van der Waals surface area contributed by atoms with E-state index in [1.807, 2.05) is 17.0 Å². The number of nitrogens with two attached hydrogens (primary N) is 1. The van der Waals surface area contributed by atoms with Gasteiger partial charge in [-0.15, -0.1) is 0 Å². The molecule has 0 heterocycles. The van der Waals surface area contributed by atoms with Crippen molar-refractivity contribution < 1.29 is 14.3 Å². The SMILES string of the molecule is COc1ccccc1C(=O)Nc1ccc(Cl)c(CN(C(=O)C2CCCCC2)C2CCCCC2N)c1. The number of para-hydroxylation sites is 1. The lowest BCUT2D eigenvalue weighted by Crippen LogP contribution is -2.53. The first kappa shape index (κ1) is 25.5. The van der Waals surface area contributed by atoms with Gasteiger partial charge in [0.25, 0.3) is 5.91 Å². The van der Waals surface area contributed by atoms with Crippen LogP contribution in [-0.4, -0.2) is 35.9 Å². The quantitative estimate of drug-likeness (QED) is 0.507. The number of hydrogen-bond donors (Lipinski definition) is 2. The molecule has 2 aromatic rings. The number of amides is 2. The van der Waals surface area contributed by atoms with Crippen LogP contribution in [0.4, 0.5) is 5.69 Å². The minimum atomic E-state index is -0.264. The number of nitrogens with one attached hydrogen (secondary N) is 1. The molecule has 2 aliphatic rings. The van der Waals surface area contributed by atoms with Crippen molar-refractivity contribution in [1.29, 1.82) is 0 Å². The van der Waals surface area contributed by atoms with Crippen LogP contribution < -0.4 is 15.8 Å². The maximum atomic E-state index is 13.7. The van der Waals surface area contributed by atoms with E-state index in [4.69, 9.17) is 22.1 Å². The monoisotopic (exact) mass is 497 g/mol. The molecule has 35 heavy (non-hydrogen) atoms. The minimum Gasteiger partial charge on any atom is -0.496 e.